The average Bonchev–Trinajstić information content (AvgIpc) is 2.62. The summed E-state index contributed by atoms with van der Waals surface area (Å²) in [4.78, 5) is 12.3. The third-order valence-electron chi connectivity index (χ3n) is 3.79. The Morgan fingerprint density at radius 3 is 2.50 bits per heavy atom. The van der Waals surface area contributed by atoms with Gasteiger partial charge >= 0.3 is 0 Å². The van der Waals surface area contributed by atoms with Crippen molar-refractivity contribution >= 4 is 5.91 Å². The average molecular weight is 329 g/mol. The number of ether oxygens (including phenoxy) is 2. The van der Waals surface area contributed by atoms with Gasteiger partial charge in [-0.05, 0) is 42.2 Å². The second kappa shape index (κ2) is 8.93. The molecular formula is C19H23NO4. The number of aliphatic hydroxyl groups is 1. The van der Waals surface area contributed by atoms with Crippen LogP contribution in [0.4, 0.5) is 0 Å². The second-order valence-corrected chi connectivity index (χ2v) is 5.33. The van der Waals surface area contributed by atoms with Crippen LogP contribution < -0.4 is 14.8 Å². The maximum absolute atomic E-state index is 12.3. The molecule has 0 atom stereocenters. The number of hydrogen-bond donors (Lipinski definition) is 2. The monoisotopic (exact) mass is 329 g/mol. The Kier molecular flexibility index (Phi) is 6.63. The molecule has 0 aliphatic heterocycles. The lowest BCUT2D eigenvalue weighted by Crippen LogP contribution is -2.26. The summed E-state index contributed by atoms with van der Waals surface area (Å²) in [6.45, 7) is 0.539. The smallest absolute Gasteiger partial charge is 0.251 e. The van der Waals surface area contributed by atoms with Crippen LogP contribution in [0.15, 0.2) is 42.5 Å². The van der Waals surface area contributed by atoms with Crippen molar-refractivity contribution in [2.45, 2.75) is 12.8 Å². The van der Waals surface area contributed by atoms with Crippen molar-refractivity contribution in [3.05, 3.63) is 59.2 Å². The highest BCUT2D eigenvalue weighted by Crippen LogP contribution is 2.27. The summed E-state index contributed by atoms with van der Waals surface area (Å²) < 4.78 is 10.5. The lowest BCUT2D eigenvalue weighted by molar-refractivity contribution is 0.0953. The van der Waals surface area contributed by atoms with Crippen LogP contribution in [-0.2, 0) is 12.8 Å². The van der Waals surface area contributed by atoms with Gasteiger partial charge in [0.25, 0.3) is 5.91 Å². The van der Waals surface area contributed by atoms with E-state index in [-0.39, 0.29) is 12.5 Å². The maximum atomic E-state index is 12.3. The number of aliphatic hydroxyl groups excluding tert-OH is 1. The van der Waals surface area contributed by atoms with Gasteiger partial charge in [-0.25, -0.2) is 0 Å². The molecule has 0 saturated carbocycles. The van der Waals surface area contributed by atoms with Gasteiger partial charge in [0.2, 0.25) is 0 Å². The van der Waals surface area contributed by atoms with Crippen molar-refractivity contribution in [3.8, 4) is 11.5 Å². The fraction of sp³-hybridized carbons (Fsp3) is 0.316. The molecule has 2 rings (SSSR count). The van der Waals surface area contributed by atoms with Crippen LogP contribution in [0.3, 0.4) is 0 Å². The molecule has 0 spiro atoms. The number of carbonyl (C=O) groups excluding carboxylic acids is 1. The summed E-state index contributed by atoms with van der Waals surface area (Å²) >= 11 is 0. The molecule has 24 heavy (non-hydrogen) atoms. The summed E-state index contributed by atoms with van der Waals surface area (Å²) in [6, 6.07) is 13.0. The maximum Gasteiger partial charge on any atom is 0.251 e. The first-order valence-corrected chi connectivity index (χ1v) is 7.87. The summed E-state index contributed by atoms with van der Waals surface area (Å²) in [7, 11) is 3.20. The normalized spacial score (nSPS) is 10.3. The predicted octanol–water partition coefficient (Wildman–Crippen LogP) is 2.21. The number of methoxy groups -OCH3 is 2. The minimum Gasteiger partial charge on any atom is -0.493 e. The fourth-order valence-electron chi connectivity index (χ4n) is 2.53. The molecule has 0 fully saturated rings. The molecule has 128 valence electrons. The number of hydrogen-bond acceptors (Lipinski definition) is 4. The van der Waals surface area contributed by atoms with Crippen LogP contribution in [0.1, 0.15) is 21.5 Å². The van der Waals surface area contributed by atoms with Crippen LogP contribution in [0, 0.1) is 0 Å². The van der Waals surface area contributed by atoms with E-state index in [0.29, 0.717) is 36.4 Å². The van der Waals surface area contributed by atoms with E-state index in [0.717, 1.165) is 11.1 Å². The van der Waals surface area contributed by atoms with E-state index in [9.17, 15) is 4.79 Å². The number of rotatable bonds is 8. The zero-order valence-corrected chi connectivity index (χ0v) is 14.0. The summed E-state index contributed by atoms with van der Waals surface area (Å²) in [5.74, 6) is 1.23. The molecule has 0 aliphatic rings. The van der Waals surface area contributed by atoms with Gasteiger partial charge in [-0.2, -0.15) is 0 Å². The zero-order chi connectivity index (χ0) is 17.4. The SMILES string of the molecule is COc1ccc(CCNC(=O)c2ccccc2CCO)cc1OC. The first-order valence-electron chi connectivity index (χ1n) is 7.87. The van der Waals surface area contributed by atoms with E-state index in [1.54, 1.807) is 20.3 Å². The summed E-state index contributed by atoms with van der Waals surface area (Å²) in [6.07, 6.45) is 1.16. The summed E-state index contributed by atoms with van der Waals surface area (Å²) in [5.41, 5.74) is 2.51. The number of carbonyl (C=O) groups is 1. The van der Waals surface area contributed by atoms with Crippen LogP contribution in [0.25, 0.3) is 0 Å². The Hall–Kier alpha value is -2.53. The second-order valence-electron chi connectivity index (χ2n) is 5.33. The van der Waals surface area contributed by atoms with Crippen molar-refractivity contribution in [1.29, 1.82) is 0 Å². The van der Waals surface area contributed by atoms with E-state index in [4.69, 9.17) is 14.6 Å². The van der Waals surface area contributed by atoms with Crippen LogP contribution in [-0.4, -0.2) is 38.4 Å². The van der Waals surface area contributed by atoms with Gasteiger partial charge < -0.3 is 19.9 Å². The molecule has 5 heteroatoms. The fourth-order valence-corrected chi connectivity index (χ4v) is 2.53. The molecule has 2 N–H and O–H groups in total. The molecule has 2 aromatic rings. The van der Waals surface area contributed by atoms with E-state index in [1.807, 2.05) is 36.4 Å². The van der Waals surface area contributed by atoms with Gasteiger partial charge in [-0.1, -0.05) is 24.3 Å². The van der Waals surface area contributed by atoms with Gasteiger partial charge in [0.15, 0.2) is 11.5 Å². The zero-order valence-electron chi connectivity index (χ0n) is 14.0. The van der Waals surface area contributed by atoms with Gasteiger partial charge in [0.05, 0.1) is 14.2 Å². The Morgan fingerprint density at radius 2 is 1.79 bits per heavy atom. The molecule has 0 radical (unpaired) electrons. The van der Waals surface area contributed by atoms with Crippen molar-refractivity contribution in [2.24, 2.45) is 0 Å². The van der Waals surface area contributed by atoms with Crippen molar-refractivity contribution in [3.63, 3.8) is 0 Å². The molecule has 0 heterocycles. The molecule has 0 unspecified atom stereocenters. The topological polar surface area (TPSA) is 67.8 Å². The van der Waals surface area contributed by atoms with Gasteiger partial charge in [-0.3, -0.25) is 4.79 Å². The Morgan fingerprint density at radius 1 is 1.04 bits per heavy atom. The van der Waals surface area contributed by atoms with E-state index in [2.05, 4.69) is 5.32 Å². The molecular weight excluding hydrogens is 306 g/mol. The quantitative estimate of drug-likeness (QED) is 0.779. The minimum atomic E-state index is -0.125. The van der Waals surface area contributed by atoms with Crippen LogP contribution >= 0.6 is 0 Å². The minimum absolute atomic E-state index is 0.0237. The lowest BCUT2D eigenvalue weighted by atomic mass is 10.0. The van der Waals surface area contributed by atoms with Crippen LogP contribution in [0.5, 0.6) is 11.5 Å². The highest BCUT2D eigenvalue weighted by Gasteiger charge is 2.10. The van der Waals surface area contributed by atoms with Crippen molar-refractivity contribution < 1.29 is 19.4 Å². The molecule has 1 amide bonds. The van der Waals surface area contributed by atoms with Crippen LogP contribution in [0.2, 0.25) is 0 Å². The van der Waals surface area contributed by atoms with E-state index in [1.165, 1.54) is 0 Å². The van der Waals surface area contributed by atoms with Gasteiger partial charge in [0.1, 0.15) is 0 Å². The van der Waals surface area contributed by atoms with Crippen molar-refractivity contribution in [2.75, 3.05) is 27.4 Å². The standard InChI is InChI=1S/C19H23NO4/c1-23-17-8-7-14(13-18(17)24-2)9-11-20-19(22)16-6-4-3-5-15(16)10-12-21/h3-8,13,21H,9-12H2,1-2H3,(H,20,22). The van der Waals surface area contributed by atoms with Gasteiger partial charge in [0, 0.05) is 18.7 Å². The lowest BCUT2D eigenvalue weighted by Gasteiger charge is -2.11. The highest BCUT2D eigenvalue weighted by atomic mass is 16.5. The van der Waals surface area contributed by atoms with E-state index < -0.39 is 0 Å². The molecule has 5 nitrogen and oxygen atoms in total. The third kappa shape index (κ3) is 4.49. The molecule has 2 aromatic carbocycles. The number of benzene rings is 2. The summed E-state index contributed by atoms with van der Waals surface area (Å²) in [5, 5.41) is 12.0. The molecule has 0 aliphatic carbocycles. The first kappa shape index (κ1) is 17.8. The Balaban J connectivity index is 1.96. The highest BCUT2D eigenvalue weighted by molar-refractivity contribution is 5.95. The molecule has 0 saturated heterocycles. The predicted molar refractivity (Wildman–Crippen MR) is 92.8 cm³/mol. The van der Waals surface area contributed by atoms with Crippen molar-refractivity contribution in [1.82, 2.24) is 5.32 Å². The molecule has 0 aromatic heterocycles. The largest absolute Gasteiger partial charge is 0.493 e. The van der Waals surface area contributed by atoms with E-state index >= 15 is 0 Å². The Labute approximate surface area is 142 Å². The first-order chi connectivity index (χ1) is 11.7. The number of amides is 1. The Bertz CT molecular complexity index is 685. The number of nitrogens with one attached hydrogen (secondary N) is 1. The molecule has 0 bridgehead atoms. The third-order valence-corrected chi connectivity index (χ3v) is 3.79. The van der Waals surface area contributed by atoms with Gasteiger partial charge in [-0.15, -0.1) is 0 Å².